The number of ether oxygens (including phenoxy) is 1. The number of nitrogens with zero attached hydrogens (tertiary/aromatic N) is 3. The van der Waals surface area contributed by atoms with E-state index in [-0.39, 0.29) is 20.7 Å². The number of benzene rings is 3. The van der Waals surface area contributed by atoms with Crippen molar-refractivity contribution in [1.29, 1.82) is 0 Å². The Labute approximate surface area is 212 Å². The minimum absolute atomic E-state index is 0.0464. The molecule has 4 aromatic rings. The largest absolute Gasteiger partial charge is 0.495 e. The van der Waals surface area contributed by atoms with E-state index in [1.54, 1.807) is 18.2 Å². The van der Waals surface area contributed by atoms with Crippen molar-refractivity contribution in [1.82, 2.24) is 10.2 Å². The highest BCUT2D eigenvalue weighted by Gasteiger charge is 2.28. The van der Waals surface area contributed by atoms with Crippen molar-refractivity contribution in [3.05, 3.63) is 83.4 Å². The number of halogens is 1. The van der Waals surface area contributed by atoms with E-state index in [0.29, 0.717) is 10.8 Å². The van der Waals surface area contributed by atoms with Gasteiger partial charge < -0.3 is 4.74 Å². The van der Waals surface area contributed by atoms with Crippen molar-refractivity contribution < 1.29 is 17.9 Å². The zero-order valence-corrected chi connectivity index (χ0v) is 21.2. The number of methoxy groups -OCH3 is 1. The maximum Gasteiger partial charge on any atom is 0.264 e. The fourth-order valence-electron chi connectivity index (χ4n) is 3.22. The first kappa shape index (κ1) is 24.6. The highest BCUT2D eigenvalue weighted by Crippen LogP contribution is 2.32. The van der Waals surface area contributed by atoms with Gasteiger partial charge in [-0.2, -0.15) is 0 Å². The van der Waals surface area contributed by atoms with E-state index in [4.69, 9.17) is 16.3 Å². The summed E-state index contributed by atoms with van der Waals surface area (Å²) in [5.41, 5.74) is 1.99. The Morgan fingerprint density at radius 2 is 1.77 bits per heavy atom. The van der Waals surface area contributed by atoms with E-state index in [1.165, 1.54) is 42.7 Å². The summed E-state index contributed by atoms with van der Waals surface area (Å²) in [6, 6.07) is 20.3. The third-order valence-corrected chi connectivity index (χ3v) is 7.98. The van der Waals surface area contributed by atoms with Gasteiger partial charge in [0.2, 0.25) is 11.0 Å². The van der Waals surface area contributed by atoms with Gasteiger partial charge >= 0.3 is 0 Å². The minimum Gasteiger partial charge on any atom is -0.495 e. The molecule has 1 aromatic heterocycles. The van der Waals surface area contributed by atoms with E-state index >= 15 is 0 Å². The molecule has 0 aliphatic rings. The van der Waals surface area contributed by atoms with Crippen LogP contribution in [0.3, 0.4) is 0 Å². The summed E-state index contributed by atoms with van der Waals surface area (Å²) in [4.78, 5) is 13.0. The van der Waals surface area contributed by atoms with Crippen LogP contribution in [0.25, 0.3) is 10.6 Å². The zero-order chi connectivity index (χ0) is 25.0. The molecule has 0 aliphatic heterocycles. The number of aryl methyl sites for hydroxylation is 1. The summed E-state index contributed by atoms with van der Waals surface area (Å²) in [7, 11) is -2.63. The summed E-state index contributed by atoms with van der Waals surface area (Å²) in [6.45, 7) is 1.36. The number of nitrogens with one attached hydrogen (secondary N) is 1. The monoisotopic (exact) mass is 528 g/mol. The number of anilines is 2. The topological polar surface area (TPSA) is 101 Å². The number of carbonyl (C=O) groups is 1. The van der Waals surface area contributed by atoms with Crippen molar-refractivity contribution in [3.8, 4) is 16.3 Å². The standard InChI is InChI=1S/C24H21ClN4O4S2/c1-16-8-11-19(12-9-16)35(31,32)29(18-10-13-21(33-2)20(25)14-18)15-22(30)26-24-28-27-23(34-24)17-6-4-3-5-7-17/h3-14H,15H2,1-2H3,(H,26,28,30). The number of aromatic nitrogens is 2. The molecule has 1 heterocycles. The molecule has 0 bridgehead atoms. The second kappa shape index (κ2) is 10.4. The Kier molecular flexibility index (Phi) is 7.34. The number of hydrogen-bond acceptors (Lipinski definition) is 7. The van der Waals surface area contributed by atoms with Crippen LogP contribution in [0.2, 0.25) is 5.02 Å². The van der Waals surface area contributed by atoms with Gasteiger partial charge in [0, 0.05) is 5.56 Å². The van der Waals surface area contributed by atoms with E-state index in [1.807, 2.05) is 37.3 Å². The SMILES string of the molecule is COc1ccc(N(CC(=O)Nc2nnc(-c3ccccc3)s2)S(=O)(=O)c2ccc(C)cc2)cc1Cl. The highest BCUT2D eigenvalue weighted by molar-refractivity contribution is 7.92. The number of amides is 1. The van der Waals surface area contributed by atoms with Crippen LogP contribution in [0.1, 0.15) is 5.56 Å². The van der Waals surface area contributed by atoms with Crippen molar-refractivity contribution in [2.24, 2.45) is 0 Å². The smallest absolute Gasteiger partial charge is 0.264 e. The van der Waals surface area contributed by atoms with Gasteiger partial charge in [-0.1, -0.05) is 71.0 Å². The van der Waals surface area contributed by atoms with Crippen LogP contribution in [0.15, 0.2) is 77.7 Å². The Morgan fingerprint density at radius 1 is 1.06 bits per heavy atom. The van der Waals surface area contributed by atoms with Crippen LogP contribution >= 0.6 is 22.9 Å². The van der Waals surface area contributed by atoms with Gasteiger partial charge in [0.1, 0.15) is 17.3 Å². The lowest BCUT2D eigenvalue weighted by Crippen LogP contribution is -2.38. The molecule has 0 spiro atoms. The number of carbonyl (C=O) groups excluding carboxylic acids is 1. The Balaban J connectivity index is 1.62. The average Bonchev–Trinajstić information content (AvgIpc) is 3.31. The summed E-state index contributed by atoms with van der Waals surface area (Å²) < 4.78 is 33.2. The molecule has 0 aliphatic carbocycles. The van der Waals surface area contributed by atoms with E-state index in [9.17, 15) is 13.2 Å². The summed E-state index contributed by atoms with van der Waals surface area (Å²) in [6.07, 6.45) is 0. The maximum absolute atomic E-state index is 13.5. The first-order valence-electron chi connectivity index (χ1n) is 10.4. The molecule has 4 rings (SSSR count). The Morgan fingerprint density at radius 3 is 2.43 bits per heavy atom. The number of sulfonamides is 1. The fourth-order valence-corrected chi connectivity index (χ4v) is 5.65. The van der Waals surface area contributed by atoms with Gasteiger partial charge in [0.05, 0.1) is 22.7 Å². The first-order valence-corrected chi connectivity index (χ1v) is 13.0. The average molecular weight is 529 g/mol. The first-order chi connectivity index (χ1) is 16.8. The quantitative estimate of drug-likeness (QED) is 0.345. The van der Waals surface area contributed by atoms with Crippen LogP contribution in [-0.2, 0) is 14.8 Å². The van der Waals surface area contributed by atoms with E-state index in [0.717, 1.165) is 15.4 Å². The predicted molar refractivity (Wildman–Crippen MR) is 138 cm³/mol. The molecule has 35 heavy (non-hydrogen) atoms. The Hall–Kier alpha value is -3.47. The van der Waals surface area contributed by atoms with Gasteiger partial charge in [-0.25, -0.2) is 8.42 Å². The lowest BCUT2D eigenvalue weighted by molar-refractivity contribution is -0.114. The molecule has 0 atom stereocenters. The molecule has 0 unspecified atom stereocenters. The van der Waals surface area contributed by atoms with Crippen molar-refractivity contribution in [2.75, 3.05) is 23.3 Å². The van der Waals surface area contributed by atoms with Crippen LogP contribution in [-0.4, -0.2) is 38.2 Å². The number of rotatable bonds is 8. The molecule has 0 saturated heterocycles. The molecular formula is C24H21ClN4O4S2. The molecule has 8 nitrogen and oxygen atoms in total. The predicted octanol–water partition coefficient (Wildman–Crippen LogP) is 5.01. The van der Waals surface area contributed by atoms with Gasteiger partial charge in [-0.15, -0.1) is 10.2 Å². The van der Waals surface area contributed by atoms with E-state index in [2.05, 4.69) is 15.5 Å². The third-order valence-electron chi connectivity index (χ3n) is 5.01. The van der Waals surface area contributed by atoms with Crippen LogP contribution in [0.5, 0.6) is 5.75 Å². The van der Waals surface area contributed by atoms with Gasteiger partial charge in [0.15, 0.2) is 0 Å². The molecule has 180 valence electrons. The second-order valence-corrected chi connectivity index (χ2v) is 10.7. The van der Waals surface area contributed by atoms with Crippen molar-refractivity contribution in [3.63, 3.8) is 0 Å². The van der Waals surface area contributed by atoms with Crippen LogP contribution in [0.4, 0.5) is 10.8 Å². The van der Waals surface area contributed by atoms with Gasteiger partial charge in [-0.3, -0.25) is 14.4 Å². The fraction of sp³-hybridized carbons (Fsp3) is 0.125. The highest BCUT2D eigenvalue weighted by atomic mass is 35.5. The maximum atomic E-state index is 13.5. The summed E-state index contributed by atoms with van der Waals surface area (Å²) >= 11 is 7.44. The summed E-state index contributed by atoms with van der Waals surface area (Å²) in [5, 5.41) is 11.9. The molecular weight excluding hydrogens is 508 g/mol. The normalized spacial score (nSPS) is 11.2. The second-order valence-electron chi connectivity index (χ2n) is 7.47. The molecule has 1 amide bonds. The van der Waals surface area contributed by atoms with Crippen LogP contribution in [0, 0.1) is 6.92 Å². The zero-order valence-electron chi connectivity index (χ0n) is 18.8. The van der Waals surface area contributed by atoms with Crippen LogP contribution < -0.4 is 14.4 Å². The van der Waals surface area contributed by atoms with E-state index < -0.39 is 22.5 Å². The van der Waals surface area contributed by atoms with Gasteiger partial charge in [0.25, 0.3) is 10.0 Å². The lowest BCUT2D eigenvalue weighted by Gasteiger charge is -2.24. The molecule has 11 heteroatoms. The third kappa shape index (κ3) is 5.61. The molecule has 0 saturated carbocycles. The minimum atomic E-state index is -4.09. The Bertz CT molecular complexity index is 1440. The molecule has 0 radical (unpaired) electrons. The van der Waals surface area contributed by atoms with Crippen molar-refractivity contribution >= 4 is 49.7 Å². The molecule has 1 N–H and O–H groups in total. The summed E-state index contributed by atoms with van der Waals surface area (Å²) in [5.74, 6) is -0.196. The van der Waals surface area contributed by atoms with Gasteiger partial charge in [-0.05, 0) is 37.3 Å². The molecule has 3 aromatic carbocycles. The number of hydrogen-bond donors (Lipinski definition) is 1. The lowest BCUT2D eigenvalue weighted by atomic mass is 10.2. The van der Waals surface area contributed by atoms with Crippen molar-refractivity contribution in [2.45, 2.75) is 11.8 Å². The molecule has 0 fully saturated rings.